The van der Waals surface area contributed by atoms with E-state index in [0.29, 0.717) is 18.6 Å². The maximum absolute atomic E-state index is 15.4. The molecule has 1 aliphatic heterocycles. The normalized spacial score (nSPS) is 24.9. The number of nitrogens with one attached hydrogen (secondary N) is 1. The number of carboxylic acids is 3. The molecule has 19 heteroatoms. The van der Waals surface area contributed by atoms with Gasteiger partial charge in [0.1, 0.15) is 29.5 Å². The topological polar surface area (TPSA) is 310 Å². The Hall–Kier alpha value is -7.03. The number of carbonyl (C=O) groups excluding carboxylic acids is 4. The third-order valence-electron chi connectivity index (χ3n) is 16.1. The molecule has 1 heterocycles. The van der Waals surface area contributed by atoms with Gasteiger partial charge in [0.05, 0.1) is 71.8 Å². The number of hydrogen-bond donors (Lipinski definition) is 8. The second-order valence-electron chi connectivity index (χ2n) is 20.9. The Balaban J connectivity index is 1.19. The lowest BCUT2D eigenvalue weighted by molar-refractivity contribution is -0.217. The molecule has 19 nitrogen and oxygen atoms in total. The Morgan fingerprint density at radius 1 is 0.805 bits per heavy atom. The number of carboxylic acid groups (broad SMARTS) is 3. The highest BCUT2D eigenvalue weighted by Gasteiger charge is 2.51. The van der Waals surface area contributed by atoms with Crippen LogP contribution < -0.4 is 10.1 Å². The number of Topliss-reactive ketones (excluding diaryl/α,β-unsaturated/α-hetero) is 1. The smallest absolute Gasteiger partial charge is 0.307 e. The molecule has 1 saturated carbocycles. The number of ketones is 3. The van der Waals surface area contributed by atoms with E-state index in [1.807, 2.05) is 19.1 Å². The second kappa shape index (κ2) is 23.7. The van der Waals surface area contributed by atoms with Crippen LogP contribution in [0.3, 0.4) is 0 Å². The van der Waals surface area contributed by atoms with Gasteiger partial charge in [0.25, 0.3) is 0 Å². The Kier molecular flexibility index (Phi) is 17.3. The molecule has 8 rings (SSSR count). The number of amides is 1. The first-order valence-electron chi connectivity index (χ1n) is 26.0. The number of aryl methyl sites for hydroxylation is 1. The van der Waals surface area contributed by atoms with Crippen molar-refractivity contribution in [3.63, 3.8) is 0 Å². The maximum atomic E-state index is 15.4. The number of fused-ring (bicyclic) bond motifs is 3. The summed E-state index contributed by atoms with van der Waals surface area (Å²) >= 11 is 0. The molecule has 0 radical (unpaired) electrons. The van der Waals surface area contributed by atoms with Gasteiger partial charge in [-0.2, -0.15) is 0 Å². The molecule has 9 unspecified atom stereocenters. The molecule has 3 aliphatic carbocycles. The summed E-state index contributed by atoms with van der Waals surface area (Å²) in [5, 5.41) is 81.2. The lowest BCUT2D eigenvalue weighted by Crippen LogP contribution is -2.56. The molecule has 77 heavy (non-hydrogen) atoms. The fourth-order valence-electron chi connectivity index (χ4n) is 12.1. The third-order valence-corrected chi connectivity index (χ3v) is 16.1. The van der Waals surface area contributed by atoms with Crippen molar-refractivity contribution < 1.29 is 88.3 Å². The summed E-state index contributed by atoms with van der Waals surface area (Å²) in [6.45, 7) is 2.37. The van der Waals surface area contributed by atoms with Crippen LogP contribution >= 0.6 is 0 Å². The molecule has 8 N–H and O–H groups in total. The van der Waals surface area contributed by atoms with Crippen molar-refractivity contribution in [2.45, 2.75) is 120 Å². The fourth-order valence-corrected chi connectivity index (χ4v) is 12.1. The molecule has 0 aromatic heterocycles. The van der Waals surface area contributed by atoms with E-state index >= 15 is 4.79 Å². The Morgan fingerprint density at radius 2 is 1.49 bits per heavy atom. The maximum Gasteiger partial charge on any atom is 0.307 e. The predicted molar refractivity (Wildman–Crippen MR) is 273 cm³/mol. The van der Waals surface area contributed by atoms with Crippen molar-refractivity contribution >= 4 is 41.2 Å². The van der Waals surface area contributed by atoms with Crippen LogP contribution in [0.15, 0.2) is 78.9 Å². The zero-order valence-electron chi connectivity index (χ0n) is 43.0. The first kappa shape index (κ1) is 56.2. The van der Waals surface area contributed by atoms with E-state index in [-0.39, 0.29) is 53.7 Å². The van der Waals surface area contributed by atoms with Crippen LogP contribution in [0.4, 0.5) is 0 Å². The summed E-state index contributed by atoms with van der Waals surface area (Å²) in [5.74, 6) is -16.9. The molecule has 4 aromatic carbocycles. The number of phenols is 2. The van der Waals surface area contributed by atoms with Gasteiger partial charge < -0.3 is 60.0 Å². The minimum absolute atomic E-state index is 0.0308. The summed E-state index contributed by atoms with van der Waals surface area (Å²) in [6.07, 6.45) is -3.25. The lowest BCUT2D eigenvalue weighted by Gasteiger charge is -2.45. The standard InChI is InChI=1S/C58H65NO18/c1-29-23-33(76-41-27-58(73,42(61)28-60)26-38-46(41)52(65)48-47(50(38)63)49(62)34-17-12-18-40(74-3)45(34)51(48)64)24-39(53(29)77-43-19-10-11-22-75-43)59-54(66)35(21-20-31-13-6-4-7-14-31)44(57(71)72)37(32-15-8-5-9-16-32)25-36(56(69)70)30(2)55(67)68/h4-9,12-18,29-30,33,35-37,39,41,43-44,53,60,63,65,73H,10-11,19-28H2,1-3H3,(H,59,66)(H,67,68)(H,69,70)(H,71,72)/t29?,30?,33-,35?,36?,37?,39?,41?,43?,44?,53-,58+/m1/s1. The van der Waals surface area contributed by atoms with E-state index < -0.39 is 161 Å². The van der Waals surface area contributed by atoms with E-state index in [1.165, 1.54) is 32.2 Å². The second-order valence-corrected chi connectivity index (χ2v) is 20.9. The van der Waals surface area contributed by atoms with Crippen molar-refractivity contribution in [3.8, 4) is 17.2 Å². The van der Waals surface area contributed by atoms with E-state index in [4.69, 9.17) is 18.9 Å². The van der Waals surface area contributed by atoms with Crippen LogP contribution in [-0.2, 0) is 51.0 Å². The largest absolute Gasteiger partial charge is 0.507 e. The van der Waals surface area contributed by atoms with Crippen LogP contribution in [0, 0.1) is 29.6 Å². The number of benzene rings is 4. The SMILES string of the molecule is COc1cccc2c1C(=O)c1c(O)c3c(c(O)c1C2=O)C[C@@](O)(C(=O)CO)CC3O[C@@H]1CC(C)[C@@H](OC2CCCCO2)C(NC(=O)C(CCc2ccccc2)C(C(=O)O)C(CC(C(=O)O)C(C)C(=O)O)c2ccccc2)C1. The molecule has 4 aromatic rings. The number of aliphatic carboxylic acids is 3. The van der Waals surface area contributed by atoms with Crippen molar-refractivity contribution in [1.82, 2.24) is 5.32 Å². The average Bonchev–Trinajstić information content (AvgIpc) is 3.58. The number of methoxy groups -OCH3 is 1. The van der Waals surface area contributed by atoms with Gasteiger partial charge in [-0.25, -0.2) is 0 Å². The van der Waals surface area contributed by atoms with Gasteiger partial charge in [0, 0.05) is 36.1 Å². The highest BCUT2D eigenvalue weighted by molar-refractivity contribution is 6.31. The molecule has 1 saturated heterocycles. The molecule has 0 bridgehead atoms. The van der Waals surface area contributed by atoms with Gasteiger partial charge in [0.15, 0.2) is 17.9 Å². The van der Waals surface area contributed by atoms with Crippen LogP contribution in [0.1, 0.15) is 131 Å². The summed E-state index contributed by atoms with van der Waals surface area (Å²) in [6, 6.07) is 20.6. The van der Waals surface area contributed by atoms with E-state index in [0.717, 1.165) is 18.4 Å². The van der Waals surface area contributed by atoms with Crippen molar-refractivity contribution in [3.05, 3.63) is 123 Å². The minimum Gasteiger partial charge on any atom is -0.507 e. The predicted octanol–water partition coefficient (Wildman–Crippen LogP) is 5.92. The van der Waals surface area contributed by atoms with Crippen molar-refractivity contribution in [1.29, 1.82) is 0 Å². The highest BCUT2D eigenvalue weighted by atomic mass is 16.7. The first-order valence-corrected chi connectivity index (χ1v) is 26.0. The van der Waals surface area contributed by atoms with Gasteiger partial charge >= 0.3 is 17.9 Å². The quantitative estimate of drug-likeness (QED) is 0.0396. The van der Waals surface area contributed by atoms with Gasteiger partial charge in [-0.1, -0.05) is 86.6 Å². The Morgan fingerprint density at radius 3 is 2.12 bits per heavy atom. The van der Waals surface area contributed by atoms with Gasteiger partial charge in [-0.15, -0.1) is 0 Å². The number of ether oxygens (including phenoxy) is 4. The minimum atomic E-state index is -2.42. The summed E-state index contributed by atoms with van der Waals surface area (Å²) in [4.78, 5) is 96.4. The van der Waals surface area contributed by atoms with E-state index in [1.54, 1.807) is 48.5 Å². The van der Waals surface area contributed by atoms with E-state index in [9.17, 15) is 64.5 Å². The third kappa shape index (κ3) is 11.5. The molecule has 4 aliphatic rings. The summed E-state index contributed by atoms with van der Waals surface area (Å²) in [5.41, 5.74) is -3.09. The Labute approximate surface area is 444 Å². The zero-order chi connectivity index (χ0) is 55.5. The monoisotopic (exact) mass is 1060 g/mol. The van der Waals surface area contributed by atoms with E-state index in [2.05, 4.69) is 5.32 Å². The van der Waals surface area contributed by atoms with Gasteiger partial charge in [-0.3, -0.25) is 33.6 Å². The number of hydrogen-bond acceptors (Lipinski definition) is 15. The number of aromatic hydroxyl groups is 2. The van der Waals surface area contributed by atoms with Crippen LogP contribution in [0.25, 0.3) is 0 Å². The van der Waals surface area contributed by atoms with Gasteiger partial charge in [-0.05, 0) is 80.4 Å². The molecule has 0 spiro atoms. The first-order chi connectivity index (χ1) is 36.8. The van der Waals surface area contributed by atoms with Crippen LogP contribution in [0.5, 0.6) is 17.2 Å². The summed E-state index contributed by atoms with van der Waals surface area (Å²) in [7, 11) is 1.30. The van der Waals surface area contributed by atoms with Gasteiger partial charge in [0.2, 0.25) is 11.7 Å². The molecular weight excluding hydrogens is 999 g/mol. The lowest BCUT2D eigenvalue weighted by atomic mass is 9.70. The number of carbonyl (C=O) groups is 7. The number of aliphatic hydroxyl groups is 2. The molecule has 1 amide bonds. The fraction of sp³-hybridized carbons (Fsp3) is 0.466. The van der Waals surface area contributed by atoms with Crippen LogP contribution in [-0.4, -0.2) is 127 Å². The number of rotatable bonds is 21. The molecule has 12 atom stereocenters. The average molecular weight is 1060 g/mol. The Bertz CT molecular complexity index is 2880. The molecule has 2 fully saturated rings. The molecule has 410 valence electrons. The van der Waals surface area contributed by atoms with Crippen LogP contribution in [0.2, 0.25) is 0 Å². The zero-order valence-corrected chi connectivity index (χ0v) is 43.0. The summed E-state index contributed by atoms with van der Waals surface area (Å²) < 4.78 is 24.9. The van der Waals surface area contributed by atoms with Crippen molar-refractivity contribution in [2.75, 3.05) is 20.3 Å². The number of phenolic OH excluding ortho intramolecular Hbond substituents is 2. The van der Waals surface area contributed by atoms with Crippen molar-refractivity contribution in [2.24, 2.45) is 29.6 Å². The highest BCUT2D eigenvalue weighted by Crippen LogP contribution is 2.53. The number of aliphatic hydroxyl groups excluding tert-OH is 1. The molecular formula is C58H65NO18.